The minimum absolute atomic E-state index is 0.611. The van der Waals surface area contributed by atoms with E-state index in [0.717, 1.165) is 11.6 Å². The van der Waals surface area contributed by atoms with Crippen molar-refractivity contribution in [2.45, 2.75) is 37.9 Å². The van der Waals surface area contributed by atoms with E-state index in [9.17, 15) is 4.21 Å². The van der Waals surface area contributed by atoms with Crippen molar-refractivity contribution in [1.29, 1.82) is 0 Å². The van der Waals surface area contributed by atoms with E-state index in [1.54, 1.807) is 6.20 Å². The van der Waals surface area contributed by atoms with Crippen LogP contribution in [0.1, 0.15) is 37.9 Å². The summed E-state index contributed by atoms with van der Waals surface area (Å²) in [4.78, 5) is 4.22. The van der Waals surface area contributed by atoms with Crippen LogP contribution in [0.25, 0.3) is 0 Å². The van der Waals surface area contributed by atoms with Gasteiger partial charge in [-0.15, -0.1) is 0 Å². The molecule has 1 atom stereocenters. The van der Waals surface area contributed by atoms with Crippen LogP contribution in [0.5, 0.6) is 0 Å². The smallest absolute Gasteiger partial charge is 0.121 e. The number of hydrogen-bond donors (Lipinski definition) is 0. The van der Waals surface area contributed by atoms with E-state index >= 15 is 0 Å². The number of aryl methyl sites for hydroxylation is 1. The second kappa shape index (κ2) is 5.62. The second-order valence-corrected chi connectivity index (χ2v) is 6.21. The van der Waals surface area contributed by atoms with Gasteiger partial charge in [-0.05, 0) is 18.8 Å². The van der Waals surface area contributed by atoms with E-state index < -0.39 is 10.8 Å². The van der Waals surface area contributed by atoms with Crippen LogP contribution in [0.15, 0.2) is 12.4 Å². The highest BCUT2D eigenvalue weighted by atomic mass is 32.2. The molecule has 1 aromatic rings. The van der Waals surface area contributed by atoms with E-state index in [2.05, 4.69) is 4.98 Å². The van der Waals surface area contributed by atoms with Crippen molar-refractivity contribution >= 4 is 10.8 Å². The molecule has 0 unspecified atom stereocenters. The normalized spacial score (nSPS) is 19.8. The quantitative estimate of drug-likeness (QED) is 0.809. The van der Waals surface area contributed by atoms with E-state index in [1.165, 1.54) is 32.1 Å². The highest BCUT2D eigenvalue weighted by Gasteiger charge is 2.17. The van der Waals surface area contributed by atoms with Crippen LogP contribution in [0, 0.1) is 5.92 Å². The van der Waals surface area contributed by atoms with Crippen molar-refractivity contribution in [3.8, 4) is 0 Å². The van der Waals surface area contributed by atoms with Crippen LogP contribution in [0.2, 0.25) is 0 Å². The Labute approximate surface area is 99.7 Å². The molecule has 0 N–H and O–H groups in total. The molecule has 1 aliphatic rings. The summed E-state index contributed by atoms with van der Waals surface area (Å²) in [7, 11) is 1.22. The number of rotatable bonds is 4. The topological polar surface area (TPSA) is 34.9 Å². The molecule has 0 aromatic carbocycles. The Bertz CT molecular complexity index is 356. The lowest BCUT2D eigenvalue weighted by molar-refractivity contribution is 0.388. The van der Waals surface area contributed by atoms with Gasteiger partial charge in [0.05, 0.1) is 5.75 Å². The number of hydrogen-bond acceptors (Lipinski definition) is 2. The molecule has 1 heterocycles. The van der Waals surface area contributed by atoms with Gasteiger partial charge in [0.2, 0.25) is 0 Å². The summed E-state index contributed by atoms with van der Waals surface area (Å²) in [6.45, 7) is 0. The molecule has 3 nitrogen and oxygen atoms in total. The lowest BCUT2D eigenvalue weighted by Crippen LogP contribution is -2.16. The van der Waals surface area contributed by atoms with E-state index in [-0.39, 0.29) is 0 Å². The molecule has 1 saturated carbocycles. The van der Waals surface area contributed by atoms with Crippen LogP contribution in [-0.4, -0.2) is 19.5 Å². The number of nitrogens with zero attached hydrogens (tertiary/aromatic N) is 2. The molecule has 16 heavy (non-hydrogen) atoms. The van der Waals surface area contributed by atoms with Crippen molar-refractivity contribution in [3.05, 3.63) is 18.2 Å². The summed E-state index contributed by atoms with van der Waals surface area (Å²) in [5.41, 5.74) is 0. The summed E-state index contributed by atoms with van der Waals surface area (Å²) in [6.07, 6.45) is 10.2. The Morgan fingerprint density at radius 3 is 2.81 bits per heavy atom. The molecular formula is C12H20N2OS. The van der Waals surface area contributed by atoms with Crippen LogP contribution in [0.3, 0.4) is 0 Å². The van der Waals surface area contributed by atoms with Crippen molar-refractivity contribution in [2.24, 2.45) is 13.0 Å². The van der Waals surface area contributed by atoms with E-state index in [0.29, 0.717) is 11.7 Å². The average molecular weight is 240 g/mol. The molecule has 0 bridgehead atoms. The summed E-state index contributed by atoms with van der Waals surface area (Å²) in [6, 6.07) is 0. The third-order valence-electron chi connectivity index (χ3n) is 3.36. The molecule has 0 radical (unpaired) electrons. The first-order valence-corrected chi connectivity index (χ1v) is 7.55. The maximum absolute atomic E-state index is 12.0. The highest BCUT2D eigenvalue weighted by molar-refractivity contribution is 7.84. The maximum atomic E-state index is 12.0. The zero-order valence-corrected chi connectivity index (χ0v) is 10.7. The van der Waals surface area contributed by atoms with Crippen molar-refractivity contribution in [2.75, 3.05) is 5.75 Å². The summed E-state index contributed by atoms with van der Waals surface area (Å²) in [5, 5.41) is 0. The second-order valence-electron chi connectivity index (χ2n) is 4.71. The predicted molar refractivity (Wildman–Crippen MR) is 66.5 cm³/mol. The van der Waals surface area contributed by atoms with Crippen LogP contribution >= 0.6 is 0 Å². The predicted octanol–water partition coefficient (Wildman–Crippen LogP) is 2.25. The molecule has 0 saturated heterocycles. The fraction of sp³-hybridized carbons (Fsp3) is 0.750. The molecule has 1 fully saturated rings. The van der Waals surface area contributed by atoms with Gasteiger partial charge in [0.15, 0.2) is 0 Å². The Balaban J connectivity index is 1.82. The average Bonchev–Trinajstić information content (AvgIpc) is 2.66. The zero-order chi connectivity index (χ0) is 11.4. The van der Waals surface area contributed by atoms with Crippen molar-refractivity contribution in [1.82, 2.24) is 9.55 Å². The van der Waals surface area contributed by atoms with Gasteiger partial charge in [0, 0.05) is 36.0 Å². The van der Waals surface area contributed by atoms with E-state index in [1.807, 2.05) is 17.8 Å². The van der Waals surface area contributed by atoms with Gasteiger partial charge in [-0.3, -0.25) is 4.21 Å². The molecular weight excluding hydrogens is 220 g/mol. The molecule has 4 heteroatoms. The third kappa shape index (κ3) is 3.17. The Kier molecular flexibility index (Phi) is 4.16. The molecule has 90 valence electrons. The fourth-order valence-corrected chi connectivity index (χ4v) is 3.90. The van der Waals surface area contributed by atoms with Crippen LogP contribution < -0.4 is 0 Å². The lowest BCUT2D eigenvalue weighted by atomic mass is 9.91. The van der Waals surface area contributed by atoms with Gasteiger partial charge in [0.25, 0.3) is 0 Å². The molecule has 0 aliphatic heterocycles. The summed E-state index contributed by atoms with van der Waals surface area (Å²) >= 11 is 0. The minimum atomic E-state index is -0.741. The maximum Gasteiger partial charge on any atom is 0.121 e. The Morgan fingerprint density at radius 1 is 1.44 bits per heavy atom. The number of imidazole rings is 1. The third-order valence-corrected chi connectivity index (χ3v) is 4.78. The van der Waals surface area contributed by atoms with Gasteiger partial charge < -0.3 is 4.57 Å². The van der Waals surface area contributed by atoms with Gasteiger partial charge >= 0.3 is 0 Å². The van der Waals surface area contributed by atoms with Gasteiger partial charge in [-0.25, -0.2) is 4.98 Å². The lowest BCUT2D eigenvalue weighted by Gasteiger charge is -2.20. The SMILES string of the molecule is Cn1ccnc1C[S@](=O)CC1CCCCC1. The first-order valence-electron chi connectivity index (χ1n) is 6.07. The van der Waals surface area contributed by atoms with Gasteiger partial charge in [-0.2, -0.15) is 0 Å². The first-order chi connectivity index (χ1) is 7.75. The largest absolute Gasteiger partial charge is 0.337 e. The first kappa shape index (κ1) is 11.8. The van der Waals surface area contributed by atoms with Crippen molar-refractivity contribution < 1.29 is 4.21 Å². The molecule has 0 amide bonds. The Hall–Kier alpha value is -0.640. The minimum Gasteiger partial charge on any atom is -0.337 e. The highest BCUT2D eigenvalue weighted by Crippen LogP contribution is 2.24. The molecule has 1 aromatic heterocycles. The Morgan fingerprint density at radius 2 is 2.19 bits per heavy atom. The van der Waals surface area contributed by atoms with E-state index in [4.69, 9.17) is 0 Å². The fourth-order valence-electron chi connectivity index (χ4n) is 2.36. The van der Waals surface area contributed by atoms with Gasteiger partial charge in [-0.1, -0.05) is 19.3 Å². The standard InChI is InChI=1S/C12H20N2OS/c1-14-8-7-13-12(14)10-16(15)9-11-5-3-2-4-6-11/h7-8,11H,2-6,9-10H2,1H3/t16-/m1/s1. The molecule has 1 aliphatic carbocycles. The van der Waals surface area contributed by atoms with Crippen molar-refractivity contribution in [3.63, 3.8) is 0 Å². The van der Waals surface area contributed by atoms with Crippen LogP contribution in [-0.2, 0) is 23.6 Å². The summed E-state index contributed by atoms with van der Waals surface area (Å²) < 4.78 is 13.9. The van der Waals surface area contributed by atoms with Crippen LogP contribution in [0.4, 0.5) is 0 Å². The molecule has 0 spiro atoms. The van der Waals surface area contributed by atoms with Gasteiger partial charge in [0.1, 0.15) is 5.82 Å². The molecule has 2 rings (SSSR count). The zero-order valence-electron chi connectivity index (χ0n) is 9.89. The number of aromatic nitrogens is 2. The monoisotopic (exact) mass is 240 g/mol. The summed E-state index contributed by atoms with van der Waals surface area (Å²) in [5.74, 6) is 3.11.